The first-order valence-corrected chi connectivity index (χ1v) is 8.36. The van der Waals surface area contributed by atoms with Crippen LogP contribution in [-0.2, 0) is 0 Å². The van der Waals surface area contributed by atoms with Gasteiger partial charge in [0, 0.05) is 0 Å². The summed E-state index contributed by atoms with van der Waals surface area (Å²) >= 11 is -2.15. The average molecular weight is 239 g/mol. The summed E-state index contributed by atoms with van der Waals surface area (Å²) in [6.07, 6.45) is 3.35. The summed E-state index contributed by atoms with van der Waals surface area (Å²) in [7, 11) is 0. The first-order chi connectivity index (χ1) is 4.75. The molecule has 0 aromatic carbocycles. The molecule has 1 aliphatic rings. The molecule has 1 aliphatic heterocycles. The first kappa shape index (κ1) is 7.60. The third-order valence-electron chi connectivity index (χ3n) is 1.39. The van der Waals surface area contributed by atoms with E-state index < -0.39 is 21.4 Å². The van der Waals surface area contributed by atoms with E-state index in [2.05, 4.69) is 6.58 Å². The van der Waals surface area contributed by atoms with Gasteiger partial charge in [-0.05, 0) is 0 Å². The van der Waals surface area contributed by atoms with E-state index in [0.717, 1.165) is 0 Å². The number of rotatable bonds is 2. The Morgan fingerprint density at radius 1 is 1.80 bits per heavy atom. The Kier molecular flexibility index (Phi) is 2.32. The van der Waals surface area contributed by atoms with Crippen LogP contribution in [-0.4, -0.2) is 26.4 Å². The molecule has 0 spiro atoms. The van der Waals surface area contributed by atoms with Crippen molar-refractivity contribution in [1.82, 2.24) is 0 Å². The minimum atomic E-state index is -2.15. The first-order valence-electron chi connectivity index (χ1n) is 2.91. The van der Waals surface area contributed by atoms with Crippen LogP contribution in [0, 0.1) is 10.1 Å². The van der Waals surface area contributed by atoms with Crippen LogP contribution in [0.25, 0.3) is 0 Å². The second-order valence-corrected chi connectivity index (χ2v) is 9.13. The molecule has 0 aromatic rings. The number of hydrogen-bond donors (Lipinski definition) is 0. The van der Waals surface area contributed by atoms with E-state index in [1.165, 1.54) is 0 Å². The molecular weight excluding hydrogens is 233 g/mol. The Morgan fingerprint density at radius 3 is 2.90 bits per heavy atom. The number of hydrogen-bond acceptors (Lipinski definition) is 2. The Labute approximate surface area is 66.4 Å². The predicted molar refractivity (Wildman–Crippen MR) is 40.2 cm³/mol. The van der Waals surface area contributed by atoms with Gasteiger partial charge in [0.2, 0.25) is 0 Å². The normalized spacial score (nSPS) is 15.2. The molecule has 0 fully saturated rings. The third-order valence-corrected chi connectivity index (χ3v) is 7.76. The van der Waals surface area contributed by atoms with E-state index in [-0.39, 0.29) is 4.92 Å². The second kappa shape index (κ2) is 3.05. The molecule has 0 bridgehead atoms. The standard InChI is InChI=1S/C4H3NO2.C2H3.In/c1-2-3-4-5(6)7;1-2;/h1-3H;1H,2H2;. The molecule has 0 N–H and O–H groups in total. The van der Waals surface area contributed by atoms with Crippen LogP contribution in [0.1, 0.15) is 0 Å². The molecule has 0 aromatic heterocycles. The van der Waals surface area contributed by atoms with Crippen molar-refractivity contribution in [3.05, 3.63) is 40.0 Å². The van der Waals surface area contributed by atoms with E-state index in [1.54, 1.807) is 16.0 Å². The van der Waals surface area contributed by atoms with Gasteiger partial charge in [-0.15, -0.1) is 0 Å². The Bertz CT molecular complexity index is 232. The van der Waals surface area contributed by atoms with Crippen molar-refractivity contribution in [3.8, 4) is 0 Å². The van der Waals surface area contributed by atoms with Crippen molar-refractivity contribution >= 4 is 21.4 Å². The van der Waals surface area contributed by atoms with Crippen LogP contribution in [0.15, 0.2) is 29.8 Å². The Hall–Kier alpha value is -0.510. The van der Waals surface area contributed by atoms with Gasteiger partial charge in [0.25, 0.3) is 0 Å². The van der Waals surface area contributed by atoms with E-state index in [4.69, 9.17) is 0 Å². The summed E-state index contributed by atoms with van der Waals surface area (Å²) < 4.78 is 4.13. The monoisotopic (exact) mass is 239 g/mol. The van der Waals surface area contributed by atoms with E-state index in [9.17, 15) is 10.1 Å². The van der Waals surface area contributed by atoms with Crippen molar-refractivity contribution in [1.29, 1.82) is 0 Å². The van der Waals surface area contributed by atoms with Gasteiger partial charge in [0.1, 0.15) is 0 Å². The number of nitro groups is 1. The van der Waals surface area contributed by atoms with Gasteiger partial charge in [-0.2, -0.15) is 0 Å². The van der Waals surface area contributed by atoms with Gasteiger partial charge >= 0.3 is 66.3 Å². The minimum absolute atomic E-state index is 0.289. The Morgan fingerprint density at radius 2 is 2.50 bits per heavy atom. The molecule has 0 amide bonds. The fourth-order valence-corrected chi connectivity index (χ4v) is 5.21. The third kappa shape index (κ3) is 1.31. The van der Waals surface area contributed by atoms with Gasteiger partial charge in [-0.25, -0.2) is 0 Å². The average Bonchev–Trinajstić information content (AvgIpc) is 2.33. The molecule has 3 nitrogen and oxygen atoms in total. The van der Waals surface area contributed by atoms with E-state index >= 15 is 0 Å². The van der Waals surface area contributed by atoms with Crippen molar-refractivity contribution in [2.75, 3.05) is 0 Å². The van der Waals surface area contributed by atoms with Crippen LogP contribution >= 0.6 is 0 Å². The number of nitrogens with zero attached hydrogens (tertiary/aromatic N) is 1. The maximum atomic E-state index is 10.3. The summed E-state index contributed by atoms with van der Waals surface area (Å²) in [5, 5.41) is 10.3. The summed E-state index contributed by atoms with van der Waals surface area (Å²) in [6, 6.07) is 0. The molecule has 0 aliphatic carbocycles. The molecule has 4 heteroatoms. The van der Waals surface area contributed by atoms with Gasteiger partial charge < -0.3 is 0 Å². The van der Waals surface area contributed by atoms with Gasteiger partial charge in [0.15, 0.2) is 0 Å². The predicted octanol–water partition coefficient (Wildman–Crippen LogP) is 1.02. The fraction of sp³-hybridized carbons (Fsp3) is 0. The van der Waals surface area contributed by atoms with E-state index in [0.29, 0.717) is 3.45 Å². The summed E-state index contributed by atoms with van der Waals surface area (Å²) in [6.45, 7) is 3.57. The van der Waals surface area contributed by atoms with Gasteiger partial charge in [0.05, 0.1) is 0 Å². The van der Waals surface area contributed by atoms with Crippen LogP contribution < -0.4 is 0 Å². The molecule has 50 valence electrons. The SMILES string of the molecule is C=[CH][In]1[CH]=CC=[C]1[N+](=O)[O-]. The topological polar surface area (TPSA) is 43.1 Å². The number of allylic oxidation sites excluding steroid dienone is 2. The molecule has 10 heavy (non-hydrogen) atoms. The Balaban J connectivity index is 2.81. The molecule has 1 heterocycles. The van der Waals surface area contributed by atoms with Crippen LogP contribution in [0.4, 0.5) is 0 Å². The summed E-state index contributed by atoms with van der Waals surface area (Å²) in [4.78, 5) is 9.98. The van der Waals surface area contributed by atoms with Crippen molar-refractivity contribution in [2.24, 2.45) is 0 Å². The molecule has 0 saturated heterocycles. The zero-order valence-corrected chi connectivity index (χ0v) is 8.65. The molecule has 0 unspecified atom stereocenters. The van der Waals surface area contributed by atoms with Crippen molar-refractivity contribution in [2.45, 2.75) is 0 Å². The molecule has 0 atom stereocenters. The van der Waals surface area contributed by atoms with Crippen molar-refractivity contribution < 1.29 is 4.92 Å². The van der Waals surface area contributed by atoms with Crippen LogP contribution in [0.2, 0.25) is 0 Å². The summed E-state index contributed by atoms with van der Waals surface area (Å²) in [5.41, 5.74) is 0. The van der Waals surface area contributed by atoms with Gasteiger partial charge in [-0.3, -0.25) is 0 Å². The maximum absolute atomic E-state index is 10.3. The zero-order valence-electron chi connectivity index (χ0n) is 5.36. The van der Waals surface area contributed by atoms with E-state index in [1.807, 2.05) is 3.83 Å². The second-order valence-electron chi connectivity index (χ2n) is 2.00. The fourth-order valence-electron chi connectivity index (χ4n) is 0.865. The van der Waals surface area contributed by atoms with Crippen LogP contribution in [0.5, 0.6) is 0 Å². The summed E-state index contributed by atoms with van der Waals surface area (Å²) in [5.74, 6) is 0. The van der Waals surface area contributed by atoms with Crippen molar-refractivity contribution in [3.63, 3.8) is 0 Å². The quantitative estimate of drug-likeness (QED) is 0.533. The molecule has 0 radical (unpaired) electrons. The molecular formula is C6H6InNO2. The zero-order chi connectivity index (χ0) is 7.56. The van der Waals surface area contributed by atoms with Crippen LogP contribution in [0.3, 0.4) is 0 Å². The molecule has 1 rings (SSSR count). The van der Waals surface area contributed by atoms with Gasteiger partial charge in [-0.1, -0.05) is 0 Å². The molecule has 0 saturated carbocycles.